The molecule has 0 aliphatic heterocycles. The fraction of sp³-hybridized carbons (Fsp3) is 0.500. The largest absolute Gasteiger partial charge is 0.461 e. The lowest BCUT2D eigenvalue weighted by Gasteiger charge is -2.16. The summed E-state index contributed by atoms with van der Waals surface area (Å²) in [6.45, 7) is 6.90. The van der Waals surface area contributed by atoms with E-state index in [0.717, 1.165) is 0 Å². The zero-order chi connectivity index (χ0) is 16.3. The van der Waals surface area contributed by atoms with E-state index in [2.05, 4.69) is 13.2 Å². The summed E-state index contributed by atoms with van der Waals surface area (Å²) < 4.78 is 9.86. The van der Waals surface area contributed by atoms with Crippen LogP contribution in [0.1, 0.15) is 12.8 Å². The Hall–Kier alpha value is -2.24. The molecule has 0 spiro atoms. The van der Waals surface area contributed by atoms with Crippen LogP contribution in [0.2, 0.25) is 0 Å². The van der Waals surface area contributed by atoms with Crippen LogP contribution in [0, 0.1) is 23.7 Å². The highest BCUT2D eigenvalue weighted by molar-refractivity contribution is 6.07. The first-order valence-electron chi connectivity index (χ1n) is 7.11. The lowest BCUT2D eigenvalue weighted by molar-refractivity contribution is -0.153. The van der Waals surface area contributed by atoms with Crippen molar-refractivity contribution >= 4 is 23.5 Å². The van der Waals surface area contributed by atoms with Crippen molar-refractivity contribution in [2.24, 2.45) is 23.7 Å². The minimum Gasteiger partial charge on any atom is -0.461 e. The normalized spacial score (nSPS) is 29.8. The molecule has 2 rings (SSSR count). The Morgan fingerprint density at radius 3 is 1.59 bits per heavy atom. The number of hydrogen-bond donors (Lipinski definition) is 0. The molecule has 6 heteroatoms. The van der Waals surface area contributed by atoms with Gasteiger partial charge in [-0.1, -0.05) is 25.3 Å². The Balaban J connectivity index is 2.13. The summed E-state index contributed by atoms with van der Waals surface area (Å²) in [5.41, 5.74) is 0. The van der Waals surface area contributed by atoms with Crippen molar-refractivity contribution in [1.82, 2.24) is 0 Å². The number of ketones is 2. The second kappa shape index (κ2) is 6.68. The molecule has 0 aromatic heterocycles. The van der Waals surface area contributed by atoms with Crippen LogP contribution in [-0.4, -0.2) is 36.7 Å². The van der Waals surface area contributed by atoms with E-state index < -0.39 is 35.6 Å². The SMILES string of the molecule is C=CCOC(=O)[C@H]1C(=O)C[C@@H]2[C@@H](C(=O)OCC=C)C(=O)C[C@H]12. The van der Waals surface area contributed by atoms with Crippen LogP contribution in [0.15, 0.2) is 25.3 Å². The third kappa shape index (κ3) is 2.86. The van der Waals surface area contributed by atoms with Crippen LogP contribution in [0.3, 0.4) is 0 Å². The quantitative estimate of drug-likeness (QED) is 0.411. The molecule has 22 heavy (non-hydrogen) atoms. The third-order valence-corrected chi connectivity index (χ3v) is 4.17. The monoisotopic (exact) mass is 306 g/mol. The summed E-state index contributed by atoms with van der Waals surface area (Å²) >= 11 is 0. The smallest absolute Gasteiger partial charge is 0.317 e. The van der Waals surface area contributed by atoms with Crippen LogP contribution in [-0.2, 0) is 28.7 Å². The molecule has 118 valence electrons. The molecule has 0 aromatic rings. The number of hydrogen-bond acceptors (Lipinski definition) is 6. The van der Waals surface area contributed by atoms with Crippen molar-refractivity contribution < 1.29 is 28.7 Å². The fourth-order valence-electron chi connectivity index (χ4n) is 3.30. The zero-order valence-electron chi connectivity index (χ0n) is 12.2. The van der Waals surface area contributed by atoms with Crippen LogP contribution in [0.5, 0.6) is 0 Å². The first-order valence-corrected chi connectivity index (χ1v) is 7.11. The maximum absolute atomic E-state index is 12.1. The average Bonchev–Trinajstić information content (AvgIpc) is 2.94. The van der Waals surface area contributed by atoms with Gasteiger partial charge in [-0.05, 0) is 11.8 Å². The number of fused-ring (bicyclic) bond motifs is 1. The van der Waals surface area contributed by atoms with Crippen molar-refractivity contribution in [3.8, 4) is 0 Å². The molecule has 0 amide bonds. The van der Waals surface area contributed by atoms with Gasteiger partial charge in [0.05, 0.1) is 0 Å². The van der Waals surface area contributed by atoms with E-state index in [1.165, 1.54) is 12.2 Å². The summed E-state index contributed by atoms with van der Waals surface area (Å²) in [7, 11) is 0. The molecule has 6 nitrogen and oxygen atoms in total. The number of carbonyl (C=O) groups excluding carboxylic acids is 4. The van der Waals surface area contributed by atoms with Crippen molar-refractivity contribution in [1.29, 1.82) is 0 Å². The van der Waals surface area contributed by atoms with Crippen LogP contribution in [0.4, 0.5) is 0 Å². The average molecular weight is 306 g/mol. The highest BCUT2D eigenvalue weighted by atomic mass is 16.5. The van der Waals surface area contributed by atoms with E-state index in [-0.39, 0.29) is 37.6 Å². The summed E-state index contributed by atoms with van der Waals surface area (Å²) in [5, 5.41) is 0. The van der Waals surface area contributed by atoms with E-state index in [0.29, 0.717) is 0 Å². The Labute approximate surface area is 128 Å². The van der Waals surface area contributed by atoms with Gasteiger partial charge in [0, 0.05) is 12.8 Å². The molecule has 4 atom stereocenters. The van der Waals surface area contributed by atoms with Gasteiger partial charge in [0.25, 0.3) is 0 Å². The number of esters is 2. The van der Waals surface area contributed by atoms with Gasteiger partial charge in [-0.2, -0.15) is 0 Å². The van der Waals surface area contributed by atoms with E-state index >= 15 is 0 Å². The van der Waals surface area contributed by atoms with Gasteiger partial charge in [-0.15, -0.1) is 0 Å². The highest BCUT2D eigenvalue weighted by Gasteiger charge is 2.58. The molecule has 0 radical (unpaired) electrons. The molecule has 2 saturated carbocycles. The van der Waals surface area contributed by atoms with Gasteiger partial charge in [-0.25, -0.2) is 0 Å². The van der Waals surface area contributed by atoms with Gasteiger partial charge in [0.2, 0.25) is 0 Å². The van der Waals surface area contributed by atoms with E-state index in [1.54, 1.807) is 0 Å². The summed E-state index contributed by atoms with van der Waals surface area (Å²) in [4.78, 5) is 48.1. The maximum Gasteiger partial charge on any atom is 0.317 e. The highest BCUT2D eigenvalue weighted by Crippen LogP contribution is 2.48. The Bertz CT molecular complexity index is 487. The topological polar surface area (TPSA) is 86.7 Å². The first-order chi connectivity index (χ1) is 10.5. The van der Waals surface area contributed by atoms with Crippen LogP contribution in [0.25, 0.3) is 0 Å². The molecule has 2 fully saturated rings. The lowest BCUT2D eigenvalue weighted by atomic mass is 9.89. The number of rotatable bonds is 6. The number of carbonyl (C=O) groups is 4. The summed E-state index contributed by atoms with van der Waals surface area (Å²) in [6, 6.07) is 0. The van der Waals surface area contributed by atoms with E-state index in [9.17, 15) is 19.2 Å². The van der Waals surface area contributed by atoms with E-state index in [4.69, 9.17) is 9.47 Å². The van der Waals surface area contributed by atoms with E-state index in [1.807, 2.05) is 0 Å². The van der Waals surface area contributed by atoms with Crippen molar-refractivity contribution in [2.75, 3.05) is 13.2 Å². The fourth-order valence-corrected chi connectivity index (χ4v) is 3.30. The Morgan fingerprint density at radius 2 is 1.27 bits per heavy atom. The first kappa shape index (κ1) is 16.1. The summed E-state index contributed by atoms with van der Waals surface area (Å²) in [6.07, 6.45) is 2.87. The zero-order valence-corrected chi connectivity index (χ0v) is 12.2. The molecule has 0 N–H and O–H groups in total. The van der Waals surface area contributed by atoms with Gasteiger partial charge in [-0.3, -0.25) is 19.2 Å². The third-order valence-electron chi connectivity index (χ3n) is 4.17. The van der Waals surface area contributed by atoms with Gasteiger partial charge in [0.1, 0.15) is 36.6 Å². The maximum atomic E-state index is 12.1. The molecule has 0 bridgehead atoms. The number of ether oxygens (including phenoxy) is 2. The minimum atomic E-state index is -0.967. The predicted molar refractivity (Wildman–Crippen MR) is 75.5 cm³/mol. The molecule has 2 aliphatic carbocycles. The summed E-state index contributed by atoms with van der Waals surface area (Å²) in [5.74, 6) is -4.74. The Kier molecular flexibility index (Phi) is 4.90. The van der Waals surface area contributed by atoms with Gasteiger partial charge < -0.3 is 9.47 Å². The van der Waals surface area contributed by atoms with Gasteiger partial charge in [0.15, 0.2) is 0 Å². The second-order valence-corrected chi connectivity index (χ2v) is 5.46. The van der Waals surface area contributed by atoms with Crippen molar-refractivity contribution in [3.05, 3.63) is 25.3 Å². The van der Waals surface area contributed by atoms with Gasteiger partial charge >= 0.3 is 11.9 Å². The molecule has 2 aliphatic rings. The molecule has 0 aromatic carbocycles. The Morgan fingerprint density at radius 1 is 0.909 bits per heavy atom. The molecule has 0 heterocycles. The molecule has 0 saturated heterocycles. The molecular formula is C16H18O6. The minimum absolute atomic E-state index is 0.0127. The second-order valence-electron chi connectivity index (χ2n) is 5.46. The van der Waals surface area contributed by atoms with Crippen molar-refractivity contribution in [2.45, 2.75) is 12.8 Å². The van der Waals surface area contributed by atoms with Crippen molar-refractivity contribution in [3.63, 3.8) is 0 Å². The standard InChI is InChI=1S/C16H18O6/c1-3-5-21-15(19)13-9-7-12(18)14(10(9)8-11(13)17)16(20)22-6-4-2/h3-4,9-10,13-14H,1-2,5-8H2/t9-,10-,13+,14+/m0/s1. The number of Topliss-reactive ketones (excluding diaryl/α,β-unsaturated/α-hetero) is 2. The lowest BCUT2D eigenvalue weighted by Crippen LogP contribution is -2.27. The van der Waals surface area contributed by atoms with Crippen LogP contribution < -0.4 is 0 Å². The predicted octanol–water partition coefficient (Wildman–Crippen LogP) is 0.855. The molecular weight excluding hydrogens is 288 g/mol. The van der Waals surface area contributed by atoms with Crippen LogP contribution >= 0.6 is 0 Å². The molecule has 0 unspecified atom stereocenters.